The van der Waals surface area contributed by atoms with Crippen molar-refractivity contribution in [2.75, 3.05) is 35.2 Å². The summed E-state index contributed by atoms with van der Waals surface area (Å²) in [6.45, 7) is -0.755. The van der Waals surface area contributed by atoms with Crippen molar-refractivity contribution in [3.8, 4) is 5.75 Å². The van der Waals surface area contributed by atoms with E-state index < -0.39 is 68.5 Å². The number of aromatic hydroxyl groups is 1. The third-order valence-corrected chi connectivity index (χ3v) is 9.64. The van der Waals surface area contributed by atoms with Gasteiger partial charge in [-0.3, -0.25) is 19.3 Å². The summed E-state index contributed by atoms with van der Waals surface area (Å²) < 4.78 is 37.7. The molecule has 2 fully saturated rings. The molecule has 2 amide bonds. The highest BCUT2D eigenvalue weighted by molar-refractivity contribution is 8.00. The van der Waals surface area contributed by atoms with E-state index in [2.05, 4.69) is 15.5 Å². The Hall–Kier alpha value is -3.00. The highest BCUT2D eigenvalue weighted by atomic mass is 32.2. The molecule has 15 nitrogen and oxygen atoms in total. The molecular weight excluding hydrogens is 567 g/mol. The molecule has 3 heterocycles. The second-order valence-corrected chi connectivity index (χ2v) is 12.4. The van der Waals surface area contributed by atoms with Gasteiger partial charge in [0.2, 0.25) is 27.0 Å². The average molecular weight is 591 g/mol. The number of aryl methyl sites for hydroxylation is 1. The van der Waals surface area contributed by atoms with Gasteiger partial charge in [-0.05, 0) is 22.6 Å². The number of hydrogen-bond acceptors (Lipinski definition) is 12. The number of carboxylic acids is 1. The van der Waals surface area contributed by atoms with Crippen LogP contribution in [-0.2, 0) is 31.0 Å². The normalized spacial score (nSPS) is 23.0. The lowest BCUT2D eigenvalue weighted by Crippen LogP contribution is -2.75. The maximum absolute atomic E-state index is 14.0. The Balaban J connectivity index is 1.50. The molecule has 2 unspecified atom stereocenters. The van der Waals surface area contributed by atoms with Crippen LogP contribution in [0.25, 0.3) is 0 Å². The Bertz CT molecular complexity index is 1380. The van der Waals surface area contributed by atoms with Crippen molar-refractivity contribution in [3.63, 3.8) is 0 Å². The fourth-order valence-corrected chi connectivity index (χ4v) is 7.28. The summed E-state index contributed by atoms with van der Waals surface area (Å²) in [7, 11) is -3.77. The van der Waals surface area contributed by atoms with E-state index in [-0.39, 0.29) is 35.4 Å². The molecule has 0 spiro atoms. The highest BCUT2D eigenvalue weighted by Gasteiger charge is 2.59. The maximum Gasteiger partial charge on any atom is 0.313 e. The number of rotatable bonds is 10. The van der Waals surface area contributed by atoms with E-state index in [1.807, 2.05) is 0 Å². The molecule has 0 aliphatic carbocycles. The number of amides is 2. The summed E-state index contributed by atoms with van der Waals surface area (Å²) in [5, 5.41) is 35.2. The van der Waals surface area contributed by atoms with E-state index in [1.165, 1.54) is 15.6 Å². The first-order valence-corrected chi connectivity index (χ1v) is 14.7. The summed E-state index contributed by atoms with van der Waals surface area (Å²) in [6.07, 6.45) is 0. The van der Waals surface area contributed by atoms with E-state index in [1.54, 1.807) is 0 Å². The second kappa shape index (κ2) is 10.6. The van der Waals surface area contributed by atoms with Crippen LogP contribution >= 0.6 is 23.5 Å². The number of aliphatic carboxylic acids is 1. The molecule has 4 rings (SSSR count). The van der Waals surface area contributed by atoms with Gasteiger partial charge in [0.1, 0.15) is 16.8 Å². The van der Waals surface area contributed by atoms with Gasteiger partial charge in [-0.25, -0.2) is 22.6 Å². The number of benzene rings is 1. The predicted molar refractivity (Wildman–Crippen MR) is 133 cm³/mol. The third kappa shape index (κ3) is 5.41. The van der Waals surface area contributed by atoms with Gasteiger partial charge in [0, 0.05) is 29.8 Å². The Morgan fingerprint density at radius 3 is 2.74 bits per heavy atom. The molecule has 0 saturated carbocycles. The van der Waals surface area contributed by atoms with Crippen molar-refractivity contribution in [3.05, 3.63) is 24.0 Å². The minimum absolute atomic E-state index is 0.0336. The molecule has 2 saturated heterocycles. The molecular formula is C19H23FN8O7S3. The van der Waals surface area contributed by atoms with Gasteiger partial charge in [-0.1, -0.05) is 11.8 Å². The lowest BCUT2D eigenvalue weighted by molar-refractivity contribution is -0.156. The molecule has 6 N–H and O–H groups in total. The van der Waals surface area contributed by atoms with E-state index in [0.717, 1.165) is 40.6 Å². The van der Waals surface area contributed by atoms with Gasteiger partial charge in [0.25, 0.3) is 0 Å². The van der Waals surface area contributed by atoms with Crippen LogP contribution < -0.4 is 15.8 Å². The number of β-lactam (4-membered cyclic amide) rings is 1. The molecule has 2 aliphatic heterocycles. The highest BCUT2D eigenvalue weighted by Crippen LogP contribution is 2.46. The van der Waals surface area contributed by atoms with E-state index in [9.17, 15) is 37.4 Å². The first kappa shape index (κ1) is 28.0. The number of nitrogens with two attached hydrogens (primary N) is 2. The van der Waals surface area contributed by atoms with Crippen molar-refractivity contribution in [1.29, 1.82) is 0 Å². The summed E-state index contributed by atoms with van der Waals surface area (Å²) in [4.78, 5) is 40.6. The summed E-state index contributed by atoms with van der Waals surface area (Å²) in [6, 6.07) is 2.22. The van der Waals surface area contributed by atoms with Gasteiger partial charge >= 0.3 is 5.97 Å². The molecule has 206 valence electrons. The number of phenolic OH excluding ortho intramolecular Hbond substituents is 1. The van der Waals surface area contributed by atoms with E-state index >= 15 is 0 Å². The van der Waals surface area contributed by atoms with Crippen LogP contribution in [0.15, 0.2) is 23.4 Å². The number of nitrogens with zero attached hydrogens (tertiary/aromatic N) is 6. The van der Waals surface area contributed by atoms with Gasteiger partial charge in [0.05, 0.1) is 18.8 Å². The summed E-state index contributed by atoms with van der Waals surface area (Å²) >= 11 is 2.15. The van der Waals surface area contributed by atoms with E-state index in [4.69, 9.17) is 10.9 Å². The molecule has 38 heavy (non-hydrogen) atoms. The predicted octanol–water partition coefficient (Wildman–Crippen LogP) is -1.75. The number of aromatic nitrogens is 4. The van der Waals surface area contributed by atoms with Crippen LogP contribution in [-0.4, -0.2) is 103 Å². The third-order valence-electron chi connectivity index (χ3n) is 6.07. The van der Waals surface area contributed by atoms with Crippen molar-refractivity contribution < 1.29 is 37.4 Å². The monoisotopic (exact) mass is 590 g/mol. The van der Waals surface area contributed by atoms with Crippen LogP contribution in [0.2, 0.25) is 0 Å². The average Bonchev–Trinajstić information content (AvgIpc) is 3.32. The Labute approximate surface area is 223 Å². The minimum atomic E-state index is -3.77. The first-order valence-electron chi connectivity index (χ1n) is 10.9. The first-order chi connectivity index (χ1) is 17.9. The second-order valence-electron chi connectivity index (χ2n) is 8.64. The number of carbonyl (C=O) groups is 3. The number of tetrazole rings is 1. The molecule has 1 aromatic heterocycles. The number of halogens is 1. The van der Waals surface area contributed by atoms with Crippen molar-refractivity contribution in [1.82, 2.24) is 25.1 Å². The van der Waals surface area contributed by atoms with Gasteiger partial charge in [-0.15, -0.1) is 16.9 Å². The zero-order valence-corrected chi connectivity index (χ0v) is 22.0. The number of fused-ring (bicyclic) bond motifs is 1. The Morgan fingerprint density at radius 2 is 2.11 bits per heavy atom. The fraction of sp³-hybridized carbons (Fsp3) is 0.474. The smallest absolute Gasteiger partial charge is 0.313 e. The van der Waals surface area contributed by atoms with Crippen LogP contribution in [0.4, 0.5) is 10.1 Å². The molecule has 2 aromatic rings. The van der Waals surface area contributed by atoms with Crippen LogP contribution in [0.1, 0.15) is 0 Å². The number of hydrogen-bond donors (Lipinski definition) is 4. The lowest BCUT2D eigenvalue weighted by atomic mass is 9.89. The molecule has 3 atom stereocenters. The number of sulfonamides is 1. The number of carbonyl (C=O) groups excluding carboxylic acids is 2. The van der Waals surface area contributed by atoms with Crippen molar-refractivity contribution >= 4 is 57.0 Å². The Kier molecular flexibility index (Phi) is 7.84. The molecule has 1 aromatic carbocycles. The zero-order valence-electron chi connectivity index (χ0n) is 19.5. The Morgan fingerprint density at radius 1 is 1.37 bits per heavy atom. The fourth-order valence-electron chi connectivity index (χ4n) is 4.05. The largest absolute Gasteiger partial charge is 0.505 e. The van der Waals surface area contributed by atoms with Gasteiger partial charge in [0.15, 0.2) is 11.6 Å². The van der Waals surface area contributed by atoms with Crippen molar-refractivity contribution in [2.45, 2.75) is 23.1 Å². The van der Waals surface area contributed by atoms with E-state index in [0.29, 0.717) is 0 Å². The topological polar surface area (TPSA) is 228 Å². The summed E-state index contributed by atoms with van der Waals surface area (Å²) in [5.74, 6) is -4.34. The SMILES string of the molecule is NCC(=O)N(c1ccc(O)c(F)c1)C1C(=O)N2CC(CSc3nnnn3CCS(N)(=O)=O)(C(=O)O)CS[C@H]12. The zero-order chi connectivity index (χ0) is 27.8. The molecule has 2 aliphatic rings. The van der Waals surface area contributed by atoms with Crippen LogP contribution in [0.5, 0.6) is 5.75 Å². The molecule has 0 radical (unpaired) electrons. The number of carboxylic acid groups (broad SMARTS) is 1. The number of anilines is 1. The molecule has 0 bridgehead atoms. The number of primary sulfonamides is 1. The lowest BCUT2D eigenvalue weighted by Gasteiger charge is -2.56. The van der Waals surface area contributed by atoms with Crippen LogP contribution in [0.3, 0.4) is 0 Å². The maximum atomic E-state index is 14.0. The quantitative estimate of drug-likeness (QED) is 0.178. The standard InChI is InChI=1S/C19H23FN8O7S3/c20-11-5-10(1-2-12(11)29)28(13(30)6-21)14-15(31)26-7-19(17(32)33,8-36-16(14)26)9-37-18-23-24-25-27(18)3-4-38(22,34)35/h1-2,5,14,16,29H,3-4,6-9,21H2,(H,32,33)(H2,22,34,35)/t14?,16-,19?/m1/s1. The summed E-state index contributed by atoms with van der Waals surface area (Å²) in [5.41, 5.74) is 4.16. The van der Waals surface area contributed by atoms with Gasteiger partial charge < -0.3 is 20.8 Å². The molecule has 19 heteroatoms. The number of thioether (sulfide) groups is 2. The number of phenols is 1. The van der Waals surface area contributed by atoms with Gasteiger partial charge in [-0.2, -0.15) is 0 Å². The minimum Gasteiger partial charge on any atom is -0.505 e. The van der Waals surface area contributed by atoms with Crippen LogP contribution in [0, 0.1) is 11.2 Å². The van der Waals surface area contributed by atoms with Crippen molar-refractivity contribution in [2.24, 2.45) is 16.3 Å².